The first-order valence-electron chi connectivity index (χ1n) is 6.03. The van der Waals surface area contributed by atoms with Crippen LogP contribution in [0.1, 0.15) is 18.0 Å². The van der Waals surface area contributed by atoms with Gasteiger partial charge in [0.1, 0.15) is 0 Å². The van der Waals surface area contributed by atoms with Gasteiger partial charge in [-0.15, -0.1) is 0 Å². The lowest BCUT2D eigenvalue weighted by molar-refractivity contribution is -0.135. The number of benzene rings is 1. The first-order valence-corrected chi connectivity index (χ1v) is 6.82. The van der Waals surface area contributed by atoms with Crippen molar-refractivity contribution in [2.75, 3.05) is 26.3 Å². The fourth-order valence-electron chi connectivity index (χ4n) is 1.96. The minimum atomic E-state index is -0.242. The highest BCUT2D eigenvalue weighted by atomic mass is 79.9. The van der Waals surface area contributed by atoms with Crippen molar-refractivity contribution >= 4 is 21.8 Å². The number of halogens is 1. The molecule has 18 heavy (non-hydrogen) atoms. The highest BCUT2D eigenvalue weighted by Crippen LogP contribution is 2.18. The molecule has 0 aliphatic carbocycles. The van der Waals surface area contributed by atoms with Crippen LogP contribution in [0.15, 0.2) is 28.7 Å². The Hall–Kier alpha value is -0.910. The summed E-state index contributed by atoms with van der Waals surface area (Å²) in [5.74, 6) is 0.105. The van der Waals surface area contributed by atoms with Gasteiger partial charge in [0, 0.05) is 30.0 Å². The Morgan fingerprint density at radius 3 is 2.56 bits per heavy atom. The van der Waals surface area contributed by atoms with Crippen LogP contribution in [-0.4, -0.2) is 37.1 Å². The molecule has 0 saturated carbocycles. The van der Waals surface area contributed by atoms with Crippen LogP contribution in [0.25, 0.3) is 0 Å². The number of hydrogen-bond donors (Lipinski definition) is 1. The van der Waals surface area contributed by atoms with Gasteiger partial charge >= 0.3 is 0 Å². The van der Waals surface area contributed by atoms with Gasteiger partial charge in [0.25, 0.3) is 0 Å². The molecule has 5 heteroatoms. The van der Waals surface area contributed by atoms with E-state index >= 15 is 0 Å². The Kier molecular flexibility index (Phi) is 4.74. The van der Waals surface area contributed by atoms with E-state index in [0.717, 1.165) is 10.0 Å². The number of rotatable bonds is 3. The quantitative estimate of drug-likeness (QED) is 0.924. The van der Waals surface area contributed by atoms with Crippen molar-refractivity contribution in [1.29, 1.82) is 0 Å². The number of ether oxygens (including phenoxy) is 1. The molecule has 0 bridgehead atoms. The van der Waals surface area contributed by atoms with Crippen LogP contribution in [0.5, 0.6) is 0 Å². The maximum absolute atomic E-state index is 12.0. The highest BCUT2D eigenvalue weighted by molar-refractivity contribution is 9.10. The second-order valence-corrected chi connectivity index (χ2v) is 5.27. The summed E-state index contributed by atoms with van der Waals surface area (Å²) < 4.78 is 6.23. The standard InChI is InChI=1S/C13H17BrN2O2/c14-11-3-1-10(2-4-11)12(15)9-13(17)16-5-7-18-8-6-16/h1-4,12H,5-9,15H2. The van der Waals surface area contributed by atoms with Crippen LogP contribution in [0.2, 0.25) is 0 Å². The summed E-state index contributed by atoms with van der Waals surface area (Å²) in [6, 6.07) is 7.53. The molecule has 98 valence electrons. The van der Waals surface area contributed by atoms with E-state index in [1.807, 2.05) is 29.2 Å². The van der Waals surface area contributed by atoms with Gasteiger partial charge in [0.2, 0.25) is 5.91 Å². The third kappa shape index (κ3) is 3.54. The van der Waals surface area contributed by atoms with Crippen molar-refractivity contribution in [3.63, 3.8) is 0 Å². The van der Waals surface area contributed by atoms with Gasteiger partial charge in [-0.1, -0.05) is 28.1 Å². The van der Waals surface area contributed by atoms with E-state index in [9.17, 15) is 4.79 Å². The van der Waals surface area contributed by atoms with Crippen molar-refractivity contribution in [2.45, 2.75) is 12.5 Å². The topological polar surface area (TPSA) is 55.6 Å². The number of hydrogen-bond acceptors (Lipinski definition) is 3. The number of amides is 1. The van der Waals surface area contributed by atoms with E-state index in [4.69, 9.17) is 10.5 Å². The van der Waals surface area contributed by atoms with Gasteiger partial charge in [-0.2, -0.15) is 0 Å². The zero-order chi connectivity index (χ0) is 13.0. The molecule has 1 heterocycles. The molecule has 0 radical (unpaired) electrons. The minimum absolute atomic E-state index is 0.105. The number of morpholine rings is 1. The van der Waals surface area contributed by atoms with Gasteiger partial charge in [-0.25, -0.2) is 0 Å². The normalized spacial score (nSPS) is 17.6. The fourth-order valence-corrected chi connectivity index (χ4v) is 2.22. The molecule has 1 aliphatic heterocycles. The summed E-state index contributed by atoms with van der Waals surface area (Å²) >= 11 is 3.38. The van der Waals surface area contributed by atoms with Gasteiger partial charge < -0.3 is 15.4 Å². The van der Waals surface area contributed by atoms with Gasteiger partial charge in [-0.3, -0.25) is 4.79 Å². The van der Waals surface area contributed by atoms with E-state index in [0.29, 0.717) is 32.7 Å². The number of nitrogens with two attached hydrogens (primary N) is 1. The predicted molar refractivity (Wildman–Crippen MR) is 73.1 cm³/mol. The summed E-state index contributed by atoms with van der Waals surface area (Å²) in [5.41, 5.74) is 7.04. The van der Waals surface area contributed by atoms with Crippen molar-refractivity contribution in [3.05, 3.63) is 34.3 Å². The Balaban J connectivity index is 1.91. The zero-order valence-electron chi connectivity index (χ0n) is 10.1. The molecule has 1 aromatic carbocycles. The molecular formula is C13H17BrN2O2. The van der Waals surface area contributed by atoms with E-state index in [2.05, 4.69) is 15.9 Å². The summed E-state index contributed by atoms with van der Waals surface area (Å²) in [5, 5.41) is 0. The lowest BCUT2D eigenvalue weighted by atomic mass is 10.0. The molecular weight excluding hydrogens is 296 g/mol. The van der Waals surface area contributed by atoms with Crippen LogP contribution in [0.3, 0.4) is 0 Å². The first kappa shape index (κ1) is 13.5. The fraction of sp³-hybridized carbons (Fsp3) is 0.462. The third-order valence-electron chi connectivity index (χ3n) is 3.06. The molecule has 1 amide bonds. The molecule has 2 N–H and O–H groups in total. The van der Waals surface area contributed by atoms with E-state index in [1.54, 1.807) is 0 Å². The second-order valence-electron chi connectivity index (χ2n) is 4.36. The summed E-state index contributed by atoms with van der Waals surface area (Å²) in [6.07, 6.45) is 0.349. The largest absolute Gasteiger partial charge is 0.378 e. The smallest absolute Gasteiger partial charge is 0.224 e. The summed E-state index contributed by atoms with van der Waals surface area (Å²) in [6.45, 7) is 2.59. The van der Waals surface area contributed by atoms with Gasteiger partial charge in [-0.05, 0) is 17.7 Å². The van der Waals surface area contributed by atoms with Gasteiger partial charge in [0.05, 0.1) is 13.2 Å². The number of nitrogens with zero attached hydrogens (tertiary/aromatic N) is 1. The van der Waals surface area contributed by atoms with Crippen molar-refractivity contribution in [2.24, 2.45) is 5.73 Å². The predicted octanol–water partition coefficient (Wildman–Crippen LogP) is 1.70. The molecule has 1 aromatic rings. The second kappa shape index (κ2) is 6.31. The molecule has 1 unspecified atom stereocenters. The molecule has 1 saturated heterocycles. The molecule has 1 aliphatic rings. The van der Waals surface area contributed by atoms with E-state index in [1.165, 1.54) is 0 Å². The molecule has 0 aromatic heterocycles. The third-order valence-corrected chi connectivity index (χ3v) is 3.59. The molecule has 1 fully saturated rings. The molecule has 4 nitrogen and oxygen atoms in total. The summed E-state index contributed by atoms with van der Waals surface area (Å²) in [4.78, 5) is 13.9. The molecule has 2 rings (SSSR count). The Morgan fingerprint density at radius 1 is 1.33 bits per heavy atom. The number of carbonyl (C=O) groups is 1. The first-order chi connectivity index (χ1) is 8.66. The minimum Gasteiger partial charge on any atom is -0.378 e. The Morgan fingerprint density at radius 2 is 1.94 bits per heavy atom. The van der Waals surface area contributed by atoms with Crippen LogP contribution in [0.4, 0.5) is 0 Å². The maximum Gasteiger partial charge on any atom is 0.224 e. The average molecular weight is 313 g/mol. The average Bonchev–Trinajstić information content (AvgIpc) is 2.40. The zero-order valence-corrected chi connectivity index (χ0v) is 11.7. The van der Waals surface area contributed by atoms with Crippen molar-refractivity contribution in [3.8, 4) is 0 Å². The number of carbonyl (C=O) groups excluding carboxylic acids is 1. The monoisotopic (exact) mass is 312 g/mol. The molecule has 1 atom stereocenters. The van der Waals surface area contributed by atoms with Crippen LogP contribution in [-0.2, 0) is 9.53 Å². The Labute approximate surface area is 115 Å². The summed E-state index contributed by atoms with van der Waals surface area (Å²) in [7, 11) is 0. The SMILES string of the molecule is NC(CC(=O)N1CCOCC1)c1ccc(Br)cc1. The van der Waals surface area contributed by atoms with E-state index < -0.39 is 0 Å². The van der Waals surface area contributed by atoms with Crippen LogP contribution >= 0.6 is 15.9 Å². The van der Waals surface area contributed by atoms with Crippen molar-refractivity contribution < 1.29 is 9.53 Å². The van der Waals surface area contributed by atoms with Crippen LogP contribution in [0, 0.1) is 0 Å². The highest BCUT2D eigenvalue weighted by Gasteiger charge is 2.19. The van der Waals surface area contributed by atoms with E-state index in [-0.39, 0.29) is 11.9 Å². The van der Waals surface area contributed by atoms with Gasteiger partial charge in [0.15, 0.2) is 0 Å². The van der Waals surface area contributed by atoms with Crippen LogP contribution < -0.4 is 5.73 Å². The molecule has 0 spiro atoms. The maximum atomic E-state index is 12.0. The Bertz CT molecular complexity index is 402. The lowest BCUT2D eigenvalue weighted by Crippen LogP contribution is -2.41. The van der Waals surface area contributed by atoms with Crippen molar-refractivity contribution in [1.82, 2.24) is 4.90 Å². The lowest BCUT2D eigenvalue weighted by Gasteiger charge is -2.28.